The van der Waals surface area contributed by atoms with Crippen molar-refractivity contribution in [3.63, 3.8) is 0 Å². The third-order valence-corrected chi connectivity index (χ3v) is 4.71. The lowest BCUT2D eigenvalue weighted by Crippen LogP contribution is -2.38. The van der Waals surface area contributed by atoms with Crippen molar-refractivity contribution < 1.29 is 28.5 Å². The molecule has 1 N–H and O–H groups in total. The molecule has 1 unspecified atom stereocenters. The SMILES string of the molecule is CCCOC(=O)C1=C(C)NC(C(OC)OC)=C(C(=O)OC)C1c1ccccc1C#N. The van der Waals surface area contributed by atoms with E-state index in [1.807, 2.05) is 6.92 Å². The number of carbonyl (C=O) groups is 2. The first-order valence-corrected chi connectivity index (χ1v) is 9.46. The van der Waals surface area contributed by atoms with Crippen LogP contribution in [0.15, 0.2) is 46.8 Å². The Hall–Kier alpha value is -3.15. The molecule has 1 aliphatic heterocycles. The molecule has 1 heterocycles. The molecule has 0 saturated heterocycles. The van der Waals surface area contributed by atoms with Crippen LogP contribution in [-0.4, -0.2) is 46.2 Å². The van der Waals surface area contributed by atoms with Gasteiger partial charge in [0.1, 0.15) is 0 Å². The Bertz CT molecular complexity index is 908. The second-order valence-electron chi connectivity index (χ2n) is 6.55. The van der Waals surface area contributed by atoms with Crippen molar-refractivity contribution in [2.45, 2.75) is 32.5 Å². The van der Waals surface area contributed by atoms with Crippen LogP contribution in [0.3, 0.4) is 0 Å². The van der Waals surface area contributed by atoms with E-state index in [9.17, 15) is 14.9 Å². The highest BCUT2D eigenvalue weighted by atomic mass is 16.7. The summed E-state index contributed by atoms with van der Waals surface area (Å²) in [6, 6.07) is 8.90. The van der Waals surface area contributed by atoms with Gasteiger partial charge in [-0.2, -0.15) is 5.26 Å². The van der Waals surface area contributed by atoms with Crippen molar-refractivity contribution in [3.8, 4) is 6.07 Å². The number of nitriles is 1. The van der Waals surface area contributed by atoms with Crippen LogP contribution in [0.25, 0.3) is 0 Å². The Labute approximate surface area is 176 Å². The maximum Gasteiger partial charge on any atom is 0.336 e. The van der Waals surface area contributed by atoms with Crippen LogP contribution in [0.1, 0.15) is 37.3 Å². The van der Waals surface area contributed by atoms with Crippen molar-refractivity contribution in [2.24, 2.45) is 0 Å². The molecule has 0 aliphatic carbocycles. The number of esters is 2. The standard InChI is InChI=1S/C22H26N2O6/c1-6-11-30-21(26)16-13(2)24-19(22(28-4)29-5)18(20(25)27-3)17(16)15-10-8-7-9-14(15)12-23/h7-10,17,22,24H,6,11H2,1-5H3. The van der Waals surface area contributed by atoms with Crippen LogP contribution in [-0.2, 0) is 28.5 Å². The molecule has 0 bridgehead atoms. The van der Waals surface area contributed by atoms with Crippen LogP contribution in [0.5, 0.6) is 0 Å². The molecule has 1 aromatic rings. The average molecular weight is 414 g/mol. The summed E-state index contributed by atoms with van der Waals surface area (Å²) >= 11 is 0. The number of methoxy groups -OCH3 is 3. The average Bonchev–Trinajstić information content (AvgIpc) is 2.77. The van der Waals surface area contributed by atoms with E-state index in [0.29, 0.717) is 28.9 Å². The number of carbonyl (C=O) groups excluding carboxylic acids is 2. The number of nitrogens with zero attached hydrogens (tertiary/aromatic N) is 1. The van der Waals surface area contributed by atoms with Gasteiger partial charge in [0.25, 0.3) is 0 Å². The van der Waals surface area contributed by atoms with Gasteiger partial charge in [0.2, 0.25) is 0 Å². The first kappa shape index (κ1) is 23.1. The van der Waals surface area contributed by atoms with E-state index in [2.05, 4.69) is 11.4 Å². The molecule has 8 heteroatoms. The van der Waals surface area contributed by atoms with Crippen molar-refractivity contribution in [1.82, 2.24) is 5.32 Å². The Morgan fingerprint density at radius 3 is 2.37 bits per heavy atom. The van der Waals surface area contributed by atoms with Crippen LogP contribution >= 0.6 is 0 Å². The lowest BCUT2D eigenvalue weighted by molar-refractivity contribution is -0.139. The van der Waals surface area contributed by atoms with Gasteiger partial charge in [-0.25, -0.2) is 9.59 Å². The van der Waals surface area contributed by atoms with E-state index in [1.54, 1.807) is 31.2 Å². The molecule has 160 valence electrons. The van der Waals surface area contributed by atoms with Crippen LogP contribution in [0, 0.1) is 11.3 Å². The van der Waals surface area contributed by atoms with Crippen molar-refractivity contribution >= 4 is 11.9 Å². The van der Waals surface area contributed by atoms with E-state index in [4.69, 9.17) is 18.9 Å². The summed E-state index contributed by atoms with van der Waals surface area (Å²) in [6.45, 7) is 3.81. The number of ether oxygens (including phenoxy) is 4. The molecule has 0 saturated carbocycles. The van der Waals surface area contributed by atoms with E-state index in [1.165, 1.54) is 21.3 Å². The molecular weight excluding hydrogens is 388 g/mol. The van der Waals surface area contributed by atoms with Gasteiger partial charge in [0, 0.05) is 19.9 Å². The van der Waals surface area contributed by atoms with E-state index >= 15 is 0 Å². The smallest absolute Gasteiger partial charge is 0.336 e. The Morgan fingerprint density at radius 2 is 1.80 bits per heavy atom. The lowest BCUT2D eigenvalue weighted by atomic mass is 9.78. The van der Waals surface area contributed by atoms with Gasteiger partial charge in [0.15, 0.2) is 6.29 Å². The highest BCUT2D eigenvalue weighted by Crippen LogP contribution is 2.41. The molecule has 0 amide bonds. The first-order chi connectivity index (χ1) is 14.4. The van der Waals surface area contributed by atoms with Crippen molar-refractivity contribution in [1.29, 1.82) is 5.26 Å². The fourth-order valence-electron chi connectivity index (χ4n) is 3.41. The number of nitrogens with one attached hydrogen (secondary N) is 1. The van der Waals surface area contributed by atoms with Crippen LogP contribution < -0.4 is 5.32 Å². The molecule has 30 heavy (non-hydrogen) atoms. The van der Waals surface area contributed by atoms with Gasteiger partial charge in [-0.3, -0.25) is 0 Å². The fourth-order valence-corrected chi connectivity index (χ4v) is 3.41. The molecule has 2 rings (SSSR count). The van der Waals surface area contributed by atoms with Gasteiger partial charge in [-0.1, -0.05) is 25.1 Å². The van der Waals surface area contributed by atoms with Crippen LogP contribution in [0.2, 0.25) is 0 Å². The Morgan fingerprint density at radius 1 is 1.13 bits per heavy atom. The number of hydrogen-bond acceptors (Lipinski definition) is 8. The number of allylic oxidation sites excluding steroid dienone is 1. The summed E-state index contributed by atoms with van der Waals surface area (Å²) in [7, 11) is 4.11. The second-order valence-corrected chi connectivity index (χ2v) is 6.55. The van der Waals surface area contributed by atoms with Gasteiger partial charge < -0.3 is 24.3 Å². The van der Waals surface area contributed by atoms with Crippen molar-refractivity contribution in [3.05, 3.63) is 57.9 Å². The molecule has 1 atom stereocenters. The largest absolute Gasteiger partial charge is 0.466 e. The number of rotatable bonds is 8. The molecule has 0 radical (unpaired) electrons. The van der Waals surface area contributed by atoms with Gasteiger partial charge >= 0.3 is 11.9 Å². The second kappa shape index (κ2) is 10.6. The normalized spacial score (nSPS) is 16.2. The minimum Gasteiger partial charge on any atom is -0.466 e. The third-order valence-electron chi connectivity index (χ3n) is 4.71. The van der Waals surface area contributed by atoms with Crippen LogP contribution in [0.4, 0.5) is 0 Å². The van der Waals surface area contributed by atoms with Gasteiger partial charge in [0.05, 0.1) is 48.1 Å². The quantitative estimate of drug-likeness (QED) is 0.511. The Kier molecular flexibility index (Phi) is 8.16. The molecule has 1 aromatic carbocycles. The van der Waals surface area contributed by atoms with E-state index in [0.717, 1.165) is 0 Å². The molecular formula is C22H26N2O6. The highest BCUT2D eigenvalue weighted by molar-refractivity contribution is 6.00. The topological polar surface area (TPSA) is 107 Å². The molecule has 1 aliphatic rings. The Balaban J connectivity index is 2.82. The number of benzene rings is 1. The predicted octanol–water partition coefficient (Wildman–Crippen LogP) is 2.52. The zero-order valence-corrected chi connectivity index (χ0v) is 17.8. The van der Waals surface area contributed by atoms with Gasteiger partial charge in [-0.05, 0) is 25.0 Å². The third kappa shape index (κ3) is 4.53. The predicted molar refractivity (Wildman–Crippen MR) is 108 cm³/mol. The number of dihydropyridines is 1. The fraction of sp³-hybridized carbons (Fsp3) is 0.409. The minimum atomic E-state index is -0.918. The summed E-state index contributed by atoms with van der Waals surface area (Å²) < 4.78 is 21.1. The summed E-state index contributed by atoms with van der Waals surface area (Å²) in [5.74, 6) is -2.16. The number of hydrogen-bond donors (Lipinski definition) is 1. The molecule has 0 spiro atoms. The van der Waals surface area contributed by atoms with E-state index < -0.39 is 24.1 Å². The highest BCUT2D eigenvalue weighted by Gasteiger charge is 2.41. The molecule has 0 aromatic heterocycles. The van der Waals surface area contributed by atoms with Crippen molar-refractivity contribution in [2.75, 3.05) is 27.9 Å². The summed E-state index contributed by atoms with van der Waals surface area (Å²) in [6.07, 6.45) is -0.273. The lowest BCUT2D eigenvalue weighted by Gasteiger charge is -2.33. The monoisotopic (exact) mass is 414 g/mol. The summed E-state index contributed by atoms with van der Waals surface area (Å²) in [5.41, 5.74) is 1.91. The minimum absolute atomic E-state index is 0.114. The van der Waals surface area contributed by atoms with Gasteiger partial charge in [-0.15, -0.1) is 0 Å². The summed E-state index contributed by atoms with van der Waals surface area (Å²) in [5, 5.41) is 12.7. The van der Waals surface area contributed by atoms with E-state index in [-0.39, 0.29) is 17.8 Å². The maximum atomic E-state index is 13.0. The first-order valence-electron chi connectivity index (χ1n) is 9.46. The zero-order chi connectivity index (χ0) is 22.3. The molecule has 8 nitrogen and oxygen atoms in total. The molecule has 0 fully saturated rings. The maximum absolute atomic E-state index is 13.0. The zero-order valence-electron chi connectivity index (χ0n) is 17.8. The summed E-state index contributed by atoms with van der Waals surface area (Å²) in [4.78, 5) is 25.9.